The number of fused-ring (bicyclic) bond motifs is 1. The van der Waals surface area contributed by atoms with Gasteiger partial charge in [-0.2, -0.15) is 0 Å². The third-order valence-electron chi connectivity index (χ3n) is 5.99. The molecule has 1 aliphatic rings. The summed E-state index contributed by atoms with van der Waals surface area (Å²) in [6.45, 7) is 0.621. The SMILES string of the molecule is COc1ccc(S(=O)(=O)N(C)c2ccc3sc(C(=O)NCCC4=CCCCC4)cc3c2)cc1Cl. The number of carbonyl (C=O) groups excluding carboxylic acids is 1. The van der Waals surface area contributed by atoms with E-state index in [1.807, 2.05) is 12.1 Å². The molecule has 0 aliphatic heterocycles. The second-order valence-electron chi connectivity index (χ2n) is 8.22. The van der Waals surface area contributed by atoms with Crippen LogP contribution in [-0.4, -0.2) is 35.0 Å². The Kier molecular flexibility index (Phi) is 7.50. The average Bonchev–Trinajstić information content (AvgIpc) is 3.27. The Morgan fingerprint density at radius 3 is 2.71 bits per heavy atom. The van der Waals surface area contributed by atoms with Crippen molar-refractivity contribution in [2.45, 2.75) is 37.0 Å². The van der Waals surface area contributed by atoms with Crippen LogP contribution in [0.4, 0.5) is 5.69 Å². The fourth-order valence-electron chi connectivity index (χ4n) is 4.00. The molecule has 0 spiro atoms. The molecule has 1 aromatic heterocycles. The van der Waals surface area contributed by atoms with E-state index in [2.05, 4.69) is 11.4 Å². The van der Waals surface area contributed by atoms with E-state index in [1.165, 1.54) is 66.4 Å². The molecule has 6 nitrogen and oxygen atoms in total. The van der Waals surface area contributed by atoms with Gasteiger partial charge in [0.15, 0.2) is 0 Å². The molecule has 3 aromatic rings. The molecule has 0 radical (unpaired) electrons. The first-order valence-electron chi connectivity index (χ1n) is 11.1. The molecule has 34 heavy (non-hydrogen) atoms. The van der Waals surface area contributed by atoms with Crippen molar-refractivity contribution in [3.63, 3.8) is 0 Å². The quantitative estimate of drug-likeness (QED) is 0.370. The van der Waals surface area contributed by atoms with Crippen molar-refractivity contribution >= 4 is 54.6 Å². The van der Waals surface area contributed by atoms with Crippen LogP contribution >= 0.6 is 22.9 Å². The van der Waals surface area contributed by atoms with Crippen molar-refractivity contribution in [1.82, 2.24) is 5.32 Å². The molecule has 0 unspecified atom stereocenters. The molecule has 0 fully saturated rings. The number of hydrogen-bond donors (Lipinski definition) is 1. The number of benzene rings is 2. The monoisotopic (exact) mass is 518 g/mol. The first kappa shape index (κ1) is 24.6. The van der Waals surface area contributed by atoms with Crippen LogP contribution in [0.25, 0.3) is 10.1 Å². The Hall–Kier alpha value is -2.55. The number of methoxy groups -OCH3 is 1. The molecule has 1 heterocycles. The first-order chi connectivity index (χ1) is 16.3. The average molecular weight is 519 g/mol. The number of nitrogens with one attached hydrogen (secondary N) is 1. The summed E-state index contributed by atoms with van der Waals surface area (Å²) in [4.78, 5) is 13.3. The Morgan fingerprint density at radius 1 is 1.18 bits per heavy atom. The van der Waals surface area contributed by atoms with Crippen LogP contribution < -0.4 is 14.4 Å². The standard InChI is InChI=1S/C25H27ClN2O4S2/c1-28(34(30,31)20-9-10-22(32-2)21(26)16-20)19-8-11-23-18(14-19)15-24(33-23)25(29)27-13-12-17-6-4-3-5-7-17/h6,8-11,14-16H,3-5,7,12-13H2,1-2H3,(H,27,29). The van der Waals surface area contributed by atoms with Gasteiger partial charge < -0.3 is 10.1 Å². The van der Waals surface area contributed by atoms with E-state index < -0.39 is 10.0 Å². The van der Waals surface area contributed by atoms with Crippen LogP contribution in [0, 0.1) is 0 Å². The van der Waals surface area contributed by atoms with Gasteiger partial charge in [-0.05, 0) is 80.0 Å². The van der Waals surface area contributed by atoms with Gasteiger partial charge in [0.05, 0.1) is 27.6 Å². The number of ether oxygens (including phenoxy) is 1. The smallest absolute Gasteiger partial charge is 0.264 e. The number of hydrogen-bond acceptors (Lipinski definition) is 5. The Morgan fingerprint density at radius 2 is 2.00 bits per heavy atom. The highest BCUT2D eigenvalue weighted by atomic mass is 35.5. The van der Waals surface area contributed by atoms with E-state index in [-0.39, 0.29) is 15.8 Å². The molecule has 180 valence electrons. The maximum atomic E-state index is 13.1. The zero-order valence-electron chi connectivity index (χ0n) is 19.1. The van der Waals surface area contributed by atoms with E-state index in [4.69, 9.17) is 16.3 Å². The zero-order valence-corrected chi connectivity index (χ0v) is 21.5. The van der Waals surface area contributed by atoms with Gasteiger partial charge >= 0.3 is 0 Å². The molecule has 0 bridgehead atoms. The van der Waals surface area contributed by atoms with Crippen molar-refractivity contribution < 1.29 is 17.9 Å². The van der Waals surface area contributed by atoms with E-state index in [9.17, 15) is 13.2 Å². The van der Waals surface area contributed by atoms with Crippen LogP contribution in [-0.2, 0) is 10.0 Å². The number of nitrogens with zero attached hydrogens (tertiary/aromatic N) is 1. The zero-order chi connectivity index (χ0) is 24.3. The maximum Gasteiger partial charge on any atom is 0.264 e. The number of halogens is 1. The van der Waals surface area contributed by atoms with Crippen LogP contribution in [0.5, 0.6) is 5.75 Å². The van der Waals surface area contributed by atoms with Crippen molar-refractivity contribution in [1.29, 1.82) is 0 Å². The lowest BCUT2D eigenvalue weighted by atomic mass is 9.97. The number of anilines is 1. The molecule has 1 amide bonds. The fourth-order valence-corrected chi connectivity index (χ4v) is 6.49. The van der Waals surface area contributed by atoms with Crippen LogP contribution in [0.15, 0.2) is 59.0 Å². The van der Waals surface area contributed by atoms with Gasteiger partial charge in [-0.25, -0.2) is 8.42 Å². The minimum atomic E-state index is -3.83. The maximum absolute atomic E-state index is 13.1. The van der Waals surface area contributed by atoms with Crippen molar-refractivity contribution in [2.75, 3.05) is 25.0 Å². The molecule has 1 aliphatic carbocycles. The van der Waals surface area contributed by atoms with Crippen LogP contribution in [0.3, 0.4) is 0 Å². The van der Waals surface area contributed by atoms with Crippen molar-refractivity contribution in [3.05, 3.63) is 64.0 Å². The second kappa shape index (κ2) is 10.4. The van der Waals surface area contributed by atoms with E-state index >= 15 is 0 Å². The summed E-state index contributed by atoms with van der Waals surface area (Å²) in [6.07, 6.45) is 7.93. The highest BCUT2D eigenvalue weighted by Gasteiger charge is 2.23. The topological polar surface area (TPSA) is 75.7 Å². The molecule has 0 atom stereocenters. The number of sulfonamides is 1. The second-order valence-corrected chi connectivity index (χ2v) is 11.7. The summed E-state index contributed by atoms with van der Waals surface area (Å²) < 4.78 is 33.5. The van der Waals surface area contributed by atoms with E-state index in [0.29, 0.717) is 22.9 Å². The minimum absolute atomic E-state index is 0.0689. The van der Waals surface area contributed by atoms with Crippen LogP contribution in [0.2, 0.25) is 5.02 Å². The first-order valence-corrected chi connectivity index (χ1v) is 13.8. The molecular weight excluding hydrogens is 492 g/mol. The van der Waals surface area contributed by atoms with Crippen LogP contribution in [0.1, 0.15) is 41.8 Å². The van der Waals surface area contributed by atoms with Gasteiger partial charge in [0.1, 0.15) is 5.75 Å². The summed E-state index contributed by atoms with van der Waals surface area (Å²) in [5.41, 5.74) is 1.92. The number of amides is 1. The van der Waals surface area contributed by atoms with Gasteiger partial charge in [0, 0.05) is 18.3 Å². The lowest BCUT2D eigenvalue weighted by Crippen LogP contribution is -2.26. The number of thiophene rings is 1. The lowest BCUT2D eigenvalue weighted by Gasteiger charge is -2.20. The summed E-state index contributed by atoms with van der Waals surface area (Å²) in [7, 11) is -0.861. The third kappa shape index (κ3) is 5.24. The van der Waals surface area contributed by atoms with E-state index in [1.54, 1.807) is 12.1 Å². The molecule has 4 rings (SSSR count). The normalized spacial score (nSPS) is 14.0. The highest BCUT2D eigenvalue weighted by Crippen LogP contribution is 2.33. The van der Waals surface area contributed by atoms with Gasteiger partial charge in [-0.15, -0.1) is 11.3 Å². The lowest BCUT2D eigenvalue weighted by molar-refractivity contribution is 0.0958. The molecule has 2 aromatic carbocycles. The third-order valence-corrected chi connectivity index (χ3v) is 9.18. The molecule has 0 saturated heterocycles. The van der Waals surface area contributed by atoms with Gasteiger partial charge in [0.25, 0.3) is 15.9 Å². The summed E-state index contributed by atoms with van der Waals surface area (Å²) in [5, 5.41) is 4.05. The molecule has 1 N–H and O–H groups in total. The molecular formula is C25H27ClN2O4S2. The molecule has 9 heteroatoms. The summed E-state index contributed by atoms with van der Waals surface area (Å²) in [5.74, 6) is 0.303. The predicted octanol–water partition coefficient (Wildman–Crippen LogP) is 6.01. The molecule has 0 saturated carbocycles. The summed E-state index contributed by atoms with van der Waals surface area (Å²) in [6, 6.07) is 11.5. The Bertz CT molecular complexity index is 1350. The van der Waals surface area contributed by atoms with Crippen molar-refractivity contribution in [3.8, 4) is 5.75 Å². The van der Waals surface area contributed by atoms with Gasteiger partial charge in [-0.3, -0.25) is 9.10 Å². The van der Waals surface area contributed by atoms with Crippen molar-refractivity contribution in [2.24, 2.45) is 0 Å². The van der Waals surface area contributed by atoms with Gasteiger partial charge in [0.2, 0.25) is 0 Å². The number of rotatable bonds is 8. The number of carbonyl (C=O) groups is 1. The Labute approximate surface area is 209 Å². The predicted molar refractivity (Wildman–Crippen MR) is 139 cm³/mol. The summed E-state index contributed by atoms with van der Waals surface area (Å²) >= 11 is 7.53. The highest BCUT2D eigenvalue weighted by molar-refractivity contribution is 7.92. The largest absolute Gasteiger partial charge is 0.495 e. The van der Waals surface area contributed by atoms with Gasteiger partial charge in [-0.1, -0.05) is 23.3 Å². The minimum Gasteiger partial charge on any atom is -0.495 e. The number of allylic oxidation sites excluding steroid dienone is 1. The Balaban J connectivity index is 1.49. The fraction of sp³-hybridized carbons (Fsp3) is 0.320. The van der Waals surface area contributed by atoms with E-state index in [0.717, 1.165) is 29.3 Å².